The van der Waals surface area contributed by atoms with Crippen molar-refractivity contribution in [3.8, 4) is 5.88 Å². The molecule has 1 fully saturated rings. The van der Waals surface area contributed by atoms with Crippen LogP contribution in [0.25, 0.3) is 0 Å². The lowest BCUT2D eigenvalue weighted by atomic mass is 10.3. The van der Waals surface area contributed by atoms with Gasteiger partial charge in [-0.25, -0.2) is 0 Å². The van der Waals surface area contributed by atoms with Gasteiger partial charge >= 0.3 is 0 Å². The van der Waals surface area contributed by atoms with Gasteiger partial charge in [0.15, 0.2) is 0 Å². The second-order valence-electron chi connectivity index (χ2n) is 3.88. The molecule has 0 saturated heterocycles. The SMILES string of the molecule is Cc1cnnc(OC2CCC(N)C2)c1. The van der Waals surface area contributed by atoms with Crippen LogP contribution < -0.4 is 10.5 Å². The average molecular weight is 193 g/mol. The van der Waals surface area contributed by atoms with Crippen molar-refractivity contribution in [3.05, 3.63) is 17.8 Å². The lowest BCUT2D eigenvalue weighted by Crippen LogP contribution is -2.19. The van der Waals surface area contributed by atoms with E-state index in [1.54, 1.807) is 6.20 Å². The van der Waals surface area contributed by atoms with E-state index >= 15 is 0 Å². The molecule has 1 aliphatic rings. The molecule has 2 unspecified atom stereocenters. The highest BCUT2D eigenvalue weighted by Crippen LogP contribution is 2.22. The highest BCUT2D eigenvalue weighted by Gasteiger charge is 2.23. The van der Waals surface area contributed by atoms with E-state index in [4.69, 9.17) is 10.5 Å². The fourth-order valence-corrected chi connectivity index (χ4v) is 1.75. The molecule has 1 heterocycles. The van der Waals surface area contributed by atoms with Crippen LogP contribution in [0.2, 0.25) is 0 Å². The maximum Gasteiger partial charge on any atom is 0.233 e. The van der Waals surface area contributed by atoms with Gasteiger partial charge in [0.2, 0.25) is 5.88 Å². The van der Waals surface area contributed by atoms with Crippen molar-refractivity contribution in [2.24, 2.45) is 5.73 Å². The Morgan fingerprint density at radius 2 is 2.36 bits per heavy atom. The van der Waals surface area contributed by atoms with Crippen LogP contribution in [0.4, 0.5) is 0 Å². The fraction of sp³-hybridized carbons (Fsp3) is 0.600. The predicted molar refractivity (Wildman–Crippen MR) is 53.0 cm³/mol. The Morgan fingerprint density at radius 1 is 1.50 bits per heavy atom. The van der Waals surface area contributed by atoms with Crippen molar-refractivity contribution in [1.82, 2.24) is 10.2 Å². The summed E-state index contributed by atoms with van der Waals surface area (Å²) in [6.07, 6.45) is 4.94. The molecule has 0 aromatic carbocycles. The summed E-state index contributed by atoms with van der Waals surface area (Å²) in [4.78, 5) is 0. The standard InChI is InChI=1S/C10H15N3O/c1-7-4-10(13-12-6-7)14-9-3-2-8(11)5-9/h4,6,8-9H,2-3,5,11H2,1H3. The Kier molecular flexibility index (Phi) is 2.63. The van der Waals surface area contributed by atoms with Crippen LogP contribution in [0, 0.1) is 6.92 Å². The molecule has 1 saturated carbocycles. The molecule has 0 spiro atoms. The summed E-state index contributed by atoms with van der Waals surface area (Å²) in [6.45, 7) is 1.97. The normalized spacial score (nSPS) is 26.4. The minimum Gasteiger partial charge on any atom is -0.473 e. The molecule has 0 amide bonds. The molecule has 0 aliphatic heterocycles. The van der Waals surface area contributed by atoms with Crippen molar-refractivity contribution in [3.63, 3.8) is 0 Å². The summed E-state index contributed by atoms with van der Waals surface area (Å²) >= 11 is 0. The van der Waals surface area contributed by atoms with E-state index in [9.17, 15) is 0 Å². The first-order valence-corrected chi connectivity index (χ1v) is 4.95. The van der Waals surface area contributed by atoms with E-state index in [1.807, 2.05) is 13.0 Å². The maximum absolute atomic E-state index is 5.79. The van der Waals surface area contributed by atoms with E-state index in [0.717, 1.165) is 24.8 Å². The molecule has 14 heavy (non-hydrogen) atoms. The molecule has 4 heteroatoms. The van der Waals surface area contributed by atoms with Crippen LogP contribution in [0.1, 0.15) is 24.8 Å². The van der Waals surface area contributed by atoms with Crippen LogP contribution in [0.3, 0.4) is 0 Å². The Labute approximate surface area is 83.5 Å². The molecule has 0 bridgehead atoms. The number of hydrogen-bond acceptors (Lipinski definition) is 4. The molecule has 1 aromatic rings. The van der Waals surface area contributed by atoms with Gasteiger partial charge in [0.1, 0.15) is 6.10 Å². The van der Waals surface area contributed by atoms with Crippen molar-refractivity contribution in [2.45, 2.75) is 38.3 Å². The Hall–Kier alpha value is -1.16. The summed E-state index contributed by atoms with van der Waals surface area (Å²) in [5.74, 6) is 0.615. The van der Waals surface area contributed by atoms with Gasteiger partial charge in [-0.3, -0.25) is 0 Å². The van der Waals surface area contributed by atoms with Crippen LogP contribution in [0.15, 0.2) is 12.3 Å². The summed E-state index contributed by atoms with van der Waals surface area (Å²) in [6, 6.07) is 2.19. The molecule has 2 rings (SSSR count). The number of ether oxygens (including phenoxy) is 1. The maximum atomic E-state index is 5.79. The second-order valence-corrected chi connectivity index (χ2v) is 3.88. The molecule has 2 atom stereocenters. The largest absolute Gasteiger partial charge is 0.473 e. The monoisotopic (exact) mass is 193 g/mol. The fourth-order valence-electron chi connectivity index (χ4n) is 1.75. The third kappa shape index (κ3) is 2.20. The smallest absolute Gasteiger partial charge is 0.233 e. The Balaban J connectivity index is 1.97. The minimum absolute atomic E-state index is 0.223. The molecule has 4 nitrogen and oxygen atoms in total. The number of hydrogen-bond donors (Lipinski definition) is 1. The van der Waals surface area contributed by atoms with Gasteiger partial charge in [-0.1, -0.05) is 0 Å². The quantitative estimate of drug-likeness (QED) is 0.762. The molecule has 76 valence electrons. The van der Waals surface area contributed by atoms with Gasteiger partial charge in [0.05, 0.1) is 6.20 Å². The van der Waals surface area contributed by atoms with E-state index < -0.39 is 0 Å². The lowest BCUT2D eigenvalue weighted by molar-refractivity contribution is 0.197. The zero-order chi connectivity index (χ0) is 9.97. The first kappa shape index (κ1) is 9.40. The summed E-state index contributed by atoms with van der Waals surface area (Å²) in [7, 11) is 0. The number of aromatic nitrogens is 2. The summed E-state index contributed by atoms with van der Waals surface area (Å²) < 4.78 is 5.67. The van der Waals surface area contributed by atoms with Crippen LogP contribution in [-0.2, 0) is 0 Å². The van der Waals surface area contributed by atoms with Gasteiger partial charge in [0.25, 0.3) is 0 Å². The first-order chi connectivity index (χ1) is 6.74. The van der Waals surface area contributed by atoms with Gasteiger partial charge in [-0.05, 0) is 31.7 Å². The van der Waals surface area contributed by atoms with Crippen LogP contribution in [0.5, 0.6) is 5.88 Å². The summed E-state index contributed by atoms with van der Waals surface area (Å²) in [5, 5.41) is 7.75. The van der Waals surface area contributed by atoms with Gasteiger partial charge in [-0.2, -0.15) is 5.10 Å². The van der Waals surface area contributed by atoms with E-state index in [-0.39, 0.29) is 12.1 Å². The number of aryl methyl sites for hydroxylation is 1. The van der Waals surface area contributed by atoms with Crippen molar-refractivity contribution < 1.29 is 4.74 Å². The zero-order valence-corrected chi connectivity index (χ0v) is 8.31. The Morgan fingerprint density at radius 3 is 3.00 bits per heavy atom. The van der Waals surface area contributed by atoms with Crippen LogP contribution in [-0.4, -0.2) is 22.3 Å². The third-order valence-electron chi connectivity index (χ3n) is 2.48. The molecular weight excluding hydrogens is 178 g/mol. The highest BCUT2D eigenvalue weighted by molar-refractivity contribution is 5.15. The third-order valence-corrected chi connectivity index (χ3v) is 2.48. The first-order valence-electron chi connectivity index (χ1n) is 4.95. The average Bonchev–Trinajstić information content (AvgIpc) is 2.51. The Bertz CT molecular complexity index is 316. The van der Waals surface area contributed by atoms with Crippen molar-refractivity contribution >= 4 is 0 Å². The van der Waals surface area contributed by atoms with Gasteiger partial charge in [0, 0.05) is 12.1 Å². The second kappa shape index (κ2) is 3.92. The van der Waals surface area contributed by atoms with Gasteiger partial charge in [-0.15, -0.1) is 5.10 Å². The molecule has 0 radical (unpaired) electrons. The number of nitrogens with zero attached hydrogens (tertiary/aromatic N) is 2. The topological polar surface area (TPSA) is 61.0 Å². The van der Waals surface area contributed by atoms with E-state index in [2.05, 4.69) is 10.2 Å². The molecule has 2 N–H and O–H groups in total. The zero-order valence-electron chi connectivity index (χ0n) is 8.31. The number of nitrogens with two attached hydrogens (primary N) is 1. The van der Waals surface area contributed by atoms with Gasteiger partial charge < -0.3 is 10.5 Å². The molecule has 1 aliphatic carbocycles. The molecular formula is C10H15N3O. The lowest BCUT2D eigenvalue weighted by Gasteiger charge is -2.11. The van der Waals surface area contributed by atoms with Crippen LogP contribution >= 0.6 is 0 Å². The molecule has 1 aromatic heterocycles. The summed E-state index contributed by atoms with van der Waals surface area (Å²) in [5.41, 5.74) is 6.86. The minimum atomic E-state index is 0.223. The van der Waals surface area contributed by atoms with E-state index in [1.165, 1.54) is 0 Å². The van der Waals surface area contributed by atoms with Crippen molar-refractivity contribution in [2.75, 3.05) is 0 Å². The number of rotatable bonds is 2. The highest BCUT2D eigenvalue weighted by atomic mass is 16.5. The van der Waals surface area contributed by atoms with Crippen molar-refractivity contribution in [1.29, 1.82) is 0 Å². The predicted octanol–water partition coefficient (Wildman–Crippen LogP) is 1.04. The van der Waals surface area contributed by atoms with E-state index in [0.29, 0.717) is 5.88 Å².